The van der Waals surface area contributed by atoms with Crippen LogP contribution in [0.1, 0.15) is 54.5 Å². The monoisotopic (exact) mass is 523 g/mol. The van der Waals surface area contributed by atoms with E-state index in [9.17, 15) is 9.59 Å². The average molecular weight is 523 g/mol. The molecule has 4 rings (SSSR count). The van der Waals surface area contributed by atoms with Gasteiger partial charge in [0.2, 0.25) is 0 Å². The normalized spacial score (nSPS) is 16.1. The van der Waals surface area contributed by atoms with Gasteiger partial charge in [-0.25, -0.2) is 0 Å². The van der Waals surface area contributed by atoms with E-state index < -0.39 is 33.0 Å². The van der Waals surface area contributed by atoms with Crippen molar-refractivity contribution in [1.82, 2.24) is 15.0 Å². The molecule has 2 aliphatic rings. The van der Waals surface area contributed by atoms with Crippen LogP contribution < -0.4 is 3.32 Å². The van der Waals surface area contributed by atoms with E-state index >= 15 is 0 Å². The van der Waals surface area contributed by atoms with Crippen LogP contribution in [-0.2, 0) is 16.0 Å². The van der Waals surface area contributed by atoms with Gasteiger partial charge in [0.25, 0.3) is 0 Å². The molecule has 0 bridgehead atoms. The summed E-state index contributed by atoms with van der Waals surface area (Å²) in [7, 11) is 1.39. The number of carbonyl (C=O) groups excluding carboxylic acids is 2. The summed E-state index contributed by atoms with van der Waals surface area (Å²) in [6, 6.07) is 7.87. The molecule has 2 heterocycles. The molecule has 0 atom stereocenters. The zero-order chi connectivity index (χ0) is 22.2. The van der Waals surface area contributed by atoms with Gasteiger partial charge in [0, 0.05) is 0 Å². The molecule has 0 amide bonds. The third-order valence-electron chi connectivity index (χ3n) is 5.40. The van der Waals surface area contributed by atoms with Crippen molar-refractivity contribution in [3.63, 3.8) is 0 Å². The Morgan fingerprint density at radius 3 is 2.45 bits per heavy atom. The third kappa shape index (κ3) is 5.11. The Morgan fingerprint density at radius 1 is 1.13 bits per heavy atom. The Kier molecular flexibility index (Phi) is 6.10. The van der Waals surface area contributed by atoms with Gasteiger partial charge in [0.1, 0.15) is 0 Å². The fourth-order valence-corrected chi connectivity index (χ4v) is 14.1. The first-order valence-electron chi connectivity index (χ1n) is 10.5. The van der Waals surface area contributed by atoms with E-state index in [1.807, 2.05) is 32.9 Å². The van der Waals surface area contributed by atoms with Crippen LogP contribution in [-0.4, -0.2) is 61.1 Å². The van der Waals surface area contributed by atoms with Crippen LogP contribution in [0.25, 0.3) is 0 Å². The summed E-state index contributed by atoms with van der Waals surface area (Å²) in [5, 5.41) is 8.18. The summed E-state index contributed by atoms with van der Waals surface area (Å²) in [5.74, 6) is -0.0866. The van der Waals surface area contributed by atoms with Gasteiger partial charge in [-0.05, 0) is 0 Å². The maximum absolute atomic E-state index is 12.3. The molecular formula is C23H26InN3O4. The number of hydrogen-bond donors (Lipinski definition) is 0. The van der Waals surface area contributed by atoms with Crippen molar-refractivity contribution in [2.75, 3.05) is 7.11 Å². The van der Waals surface area contributed by atoms with Crippen LogP contribution in [0.5, 0.6) is 0 Å². The Bertz CT molecular complexity index is 1060. The second-order valence-corrected chi connectivity index (χ2v) is 17.4. The molecule has 0 radical (unpaired) electrons. The molecule has 1 aliphatic carbocycles. The van der Waals surface area contributed by atoms with Gasteiger partial charge in [-0.2, -0.15) is 0 Å². The second-order valence-electron chi connectivity index (χ2n) is 9.03. The minimum absolute atomic E-state index is 0.220. The second kappa shape index (κ2) is 8.65. The SMILES string of the molecule is COC(=O)c1cc[c]([In]2[C](Cn3cc(C(=O)OC(C)(C)C)nn3)=CC=[C]2C2CC2)cc1. The summed E-state index contributed by atoms with van der Waals surface area (Å²) in [4.78, 5) is 24.1. The van der Waals surface area contributed by atoms with Crippen LogP contribution in [0.4, 0.5) is 0 Å². The topological polar surface area (TPSA) is 83.3 Å². The van der Waals surface area contributed by atoms with Gasteiger partial charge in [0.15, 0.2) is 0 Å². The number of nitrogens with zero attached hydrogens (tertiary/aromatic N) is 3. The Labute approximate surface area is 189 Å². The van der Waals surface area contributed by atoms with Gasteiger partial charge >= 0.3 is 190 Å². The molecule has 8 heteroatoms. The number of methoxy groups -OCH3 is 1. The fourth-order valence-electron chi connectivity index (χ4n) is 3.86. The van der Waals surface area contributed by atoms with E-state index in [2.05, 4.69) is 34.6 Å². The van der Waals surface area contributed by atoms with Gasteiger partial charge in [0.05, 0.1) is 0 Å². The predicted molar refractivity (Wildman–Crippen MR) is 117 cm³/mol. The van der Waals surface area contributed by atoms with Crippen LogP contribution in [0.3, 0.4) is 0 Å². The van der Waals surface area contributed by atoms with E-state index in [1.165, 1.54) is 26.6 Å². The summed E-state index contributed by atoms with van der Waals surface area (Å²) >= 11 is -2.46. The van der Waals surface area contributed by atoms with Gasteiger partial charge < -0.3 is 0 Å². The molecular weight excluding hydrogens is 497 g/mol. The Hall–Kier alpha value is -2.35. The Balaban J connectivity index is 1.53. The molecule has 2 aromatic rings. The molecule has 160 valence electrons. The number of allylic oxidation sites excluding steroid dienone is 4. The maximum atomic E-state index is 12.3. The van der Waals surface area contributed by atoms with Crippen LogP contribution >= 0.6 is 0 Å². The first-order chi connectivity index (χ1) is 14.7. The molecule has 0 N–H and O–H groups in total. The summed E-state index contributed by atoms with van der Waals surface area (Å²) < 4.78 is 16.3. The first kappa shape index (κ1) is 21.9. The molecule has 1 aromatic carbocycles. The molecule has 0 saturated heterocycles. The molecule has 1 fully saturated rings. The number of aromatic nitrogens is 3. The van der Waals surface area contributed by atoms with Crippen LogP contribution in [0.15, 0.2) is 49.3 Å². The summed E-state index contributed by atoms with van der Waals surface area (Å²) in [5.41, 5.74) is 0.213. The quantitative estimate of drug-likeness (QED) is 0.542. The number of benzene rings is 1. The van der Waals surface area contributed by atoms with Crippen molar-refractivity contribution < 1.29 is 19.1 Å². The van der Waals surface area contributed by atoms with Crippen molar-refractivity contribution in [3.8, 4) is 0 Å². The van der Waals surface area contributed by atoms with Crippen molar-refractivity contribution >= 4 is 36.7 Å². The number of rotatable bonds is 6. The zero-order valence-corrected chi connectivity index (χ0v) is 21.6. The molecule has 7 nitrogen and oxygen atoms in total. The van der Waals surface area contributed by atoms with Crippen molar-refractivity contribution in [1.29, 1.82) is 0 Å². The van der Waals surface area contributed by atoms with Gasteiger partial charge in [-0.15, -0.1) is 0 Å². The van der Waals surface area contributed by atoms with E-state index in [0.29, 0.717) is 18.0 Å². The molecule has 1 aromatic heterocycles. The first-order valence-corrected chi connectivity index (χ1v) is 15.4. The van der Waals surface area contributed by atoms with E-state index in [-0.39, 0.29) is 11.7 Å². The van der Waals surface area contributed by atoms with Crippen molar-refractivity contribution in [3.05, 3.63) is 60.5 Å². The van der Waals surface area contributed by atoms with Crippen LogP contribution in [0.2, 0.25) is 0 Å². The standard InChI is InChI=1S/C15H19N3O2.C8H7O2.In/c1-15(2,3)20-14(19)13-11-18(17-16-13)10-6-4-5-7-12-8-9-12;1-10-8(9)7-5-3-2-4-6-7;/h4-5,11-12H,8-10H2,1-3H3;3-6H,1H3;. The van der Waals surface area contributed by atoms with Crippen molar-refractivity contribution in [2.45, 2.75) is 45.8 Å². The van der Waals surface area contributed by atoms with Gasteiger partial charge in [-0.3, -0.25) is 0 Å². The number of esters is 2. The molecule has 0 unspecified atom stereocenters. The zero-order valence-electron chi connectivity index (χ0n) is 18.3. The number of hydrogen-bond acceptors (Lipinski definition) is 6. The van der Waals surface area contributed by atoms with Crippen molar-refractivity contribution in [2.24, 2.45) is 5.92 Å². The molecule has 1 saturated carbocycles. The van der Waals surface area contributed by atoms with E-state index in [4.69, 9.17) is 9.47 Å². The summed E-state index contributed by atoms with van der Waals surface area (Å²) in [6.07, 6.45) is 8.71. The fraction of sp³-hybridized carbons (Fsp3) is 0.391. The third-order valence-corrected chi connectivity index (χ3v) is 15.4. The molecule has 31 heavy (non-hydrogen) atoms. The molecule has 0 spiro atoms. The van der Waals surface area contributed by atoms with E-state index in [1.54, 1.807) is 14.2 Å². The van der Waals surface area contributed by atoms with Crippen LogP contribution in [0, 0.1) is 5.92 Å². The molecule has 1 aliphatic heterocycles. The number of carbonyl (C=O) groups is 2. The predicted octanol–water partition coefficient (Wildman–Crippen LogP) is 2.78. The minimum atomic E-state index is -2.46. The average Bonchev–Trinajstić information content (AvgIpc) is 3.32. The van der Waals surface area contributed by atoms with E-state index in [0.717, 1.165) is 0 Å². The number of ether oxygens (including phenoxy) is 2. The Morgan fingerprint density at radius 2 is 1.84 bits per heavy atom. The summed E-state index contributed by atoms with van der Waals surface area (Å²) in [6.45, 7) is 6.10. The van der Waals surface area contributed by atoms with Gasteiger partial charge in [-0.1, -0.05) is 0 Å².